The highest BCUT2D eigenvalue weighted by molar-refractivity contribution is 6.31. The van der Waals surface area contributed by atoms with Gasteiger partial charge in [0.1, 0.15) is 12.6 Å². The number of aromatic nitrogens is 4. The molecule has 0 saturated heterocycles. The third-order valence-electron chi connectivity index (χ3n) is 5.97. The molecule has 8 nitrogen and oxygen atoms in total. The van der Waals surface area contributed by atoms with Crippen molar-refractivity contribution in [2.75, 3.05) is 16.8 Å². The quantitative estimate of drug-likeness (QED) is 0.358. The molecule has 2 aromatic heterocycles. The molecule has 1 N–H and O–H groups in total. The lowest BCUT2D eigenvalue weighted by Crippen LogP contribution is -2.31. The Balaban J connectivity index is 1.38. The van der Waals surface area contributed by atoms with Crippen molar-refractivity contribution in [2.45, 2.75) is 25.6 Å². The summed E-state index contributed by atoms with van der Waals surface area (Å²) in [7, 11) is 0. The first kappa shape index (κ1) is 25.2. The molecule has 12 heteroatoms. The summed E-state index contributed by atoms with van der Waals surface area (Å²) in [5.74, 6) is 0.00491. The normalized spacial score (nSPS) is 12.8. The van der Waals surface area contributed by atoms with Gasteiger partial charge in [-0.25, -0.2) is 9.97 Å². The van der Waals surface area contributed by atoms with E-state index in [0.29, 0.717) is 51.7 Å². The molecule has 1 amide bonds. The van der Waals surface area contributed by atoms with Crippen molar-refractivity contribution in [3.05, 3.63) is 82.8 Å². The third kappa shape index (κ3) is 5.45. The van der Waals surface area contributed by atoms with E-state index in [-0.39, 0.29) is 18.3 Å². The fourth-order valence-corrected chi connectivity index (χ4v) is 4.54. The van der Waals surface area contributed by atoms with Crippen LogP contribution in [0.3, 0.4) is 0 Å². The molecule has 4 aromatic rings. The van der Waals surface area contributed by atoms with E-state index in [2.05, 4.69) is 26.5 Å². The molecule has 0 spiro atoms. The molecule has 0 radical (unpaired) electrons. The van der Waals surface area contributed by atoms with Crippen LogP contribution in [-0.4, -0.2) is 38.4 Å². The van der Waals surface area contributed by atoms with E-state index in [4.69, 9.17) is 11.6 Å². The molecule has 0 saturated carbocycles. The zero-order chi connectivity index (χ0) is 26.9. The lowest BCUT2D eigenvalue weighted by atomic mass is 10.0. The summed E-state index contributed by atoms with van der Waals surface area (Å²) in [6.07, 6.45) is 0.261. The lowest BCUT2D eigenvalue weighted by molar-refractivity contribution is -0.142. The minimum absolute atomic E-state index is 0.117. The van der Waals surface area contributed by atoms with Crippen LogP contribution < -0.4 is 10.2 Å². The lowest BCUT2D eigenvalue weighted by Gasteiger charge is -2.19. The van der Waals surface area contributed by atoms with E-state index >= 15 is 0 Å². The van der Waals surface area contributed by atoms with Gasteiger partial charge >= 0.3 is 6.18 Å². The van der Waals surface area contributed by atoms with Gasteiger partial charge in [-0.05, 0) is 41.8 Å². The van der Waals surface area contributed by atoms with Gasteiger partial charge in [-0.15, -0.1) is 0 Å². The van der Waals surface area contributed by atoms with Crippen molar-refractivity contribution in [1.29, 1.82) is 5.26 Å². The Kier molecular flexibility index (Phi) is 6.73. The van der Waals surface area contributed by atoms with E-state index in [1.807, 2.05) is 12.1 Å². The molecule has 5 rings (SSSR count). The SMILES string of the molecule is N#Cc1cc(-c2ccnc(Nc3cnn(CC(F)(F)F)c3)n2)cc2c1N(C(=O)Cc1ccccc1Cl)CC2. The molecule has 38 heavy (non-hydrogen) atoms. The van der Waals surface area contributed by atoms with Gasteiger partial charge in [0.2, 0.25) is 11.9 Å². The molecular formula is C26H19ClF3N7O. The molecule has 2 aromatic carbocycles. The number of nitriles is 1. The average Bonchev–Trinajstić information content (AvgIpc) is 3.50. The zero-order valence-corrected chi connectivity index (χ0v) is 20.5. The summed E-state index contributed by atoms with van der Waals surface area (Å²) in [6, 6.07) is 14.5. The Labute approximate surface area is 220 Å². The second-order valence-corrected chi connectivity index (χ2v) is 9.05. The number of amides is 1. The van der Waals surface area contributed by atoms with Gasteiger partial charge in [0.15, 0.2) is 0 Å². The maximum atomic E-state index is 13.1. The minimum atomic E-state index is -4.39. The van der Waals surface area contributed by atoms with Crippen molar-refractivity contribution >= 4 is 34.8 Å². The topological polar surface area (TPSA) is 99.7 Å². The first-order valence-corrected chi connectivity index (χ1v) is 11.9. The second kappa shape index (κ2) is 10.1. The highest BCUT2D eigenvalue weighted by Crippen LogP contribution is 2.36. The molecule has 0 unspecified atom stereocenters. The van der Waals surface area contributed by atoms with Crippen LogP contribution in [0.4, 0.5) is 30.5 Å². The second-order valence-electron chi connectivity index (χ2n) is 8.64. The third-order valence-corrected chi connectivity index (χ3v) is 6.34. The van der Waals surface area contributed by atoms with Gasteiger partial charge in [-0.3, -0.25) is 9.48 Å². The Bertz CT molecular complexity index is 1560. The van der Waals surface area contributed by atoms with Gasteiger partial charge in [0, 0.05) is 29.5 Å². The summed E-state index contributed by atoms with van der Waals surface area (Å²) in [4.78, 5) is 23.3. The van der Waals surface area contributed by atoms with E-state index in [1.54, 1.807) is 35.2 Å². The standard InChI is InChI=1S/C26H19ClF3N7O/c27-21-4-2-1-3-16(21)11-23(38)37-8-6-17-9-18(10-19(12-31)24(17)37)22-5-7-32-25(35-22)34-20-13-33-36(14-20)15-26(28,29)30/h1-5,7,9-10,13-14H,6,8,11,15H2,(H,32,34,35). The summed E-state index contributed by atoms with van der Waals surface area (Å²) in [6.45, 7) is -0.769. The maximum absolute atomic E-state index is 13.1. The highest BCUT2D eigenvalue weighted by Gasteiger charge is 2.29. The van der Waals surface area contributed by atoms with E-state index in [1.165, 1.54) is 18.6 Å². The number of nitrogens with zero attached hydrogens (tertiary/aromatic N) is 6. The number of carbonyl (C=O) groups is 1. The summed E-state index contributed by atoms with van der Waals surface area (Å²) in [5.41, 5.74) is 3.93. The van der Waals surface area contributed by atoms with Crippen molar-refractivity contribution in [1.82, 2.24) is 19.7 Å². The zero-order valence-electron chi connectivity index (χ0n) is 19.7. The van der Waals surface area contributed by atoms with Crippen LogP contribution in [0, 0.1) is 11.3 Å². The van der Waals surface area contributed by atoms with Crippen LogP contribution in [-0.2, 0) is 24.2 Å². The van der Waals surface area contributed by atoms with Crippen LogP contribution in [0.2, 0.25) is 5.02 Å². The van der Waals surface area contributed by atoms with E-state index < -0.39 is 12.7 Å². The van der Waals surface area contributed by atoms with Gasteiger partial charge in [-0.1, -0.05) is 29.8 Å². The number of fused-ring (bicyclic) bond motifs is 1. The molecule has 1 aliphatic rings. The number of nitrogens with one attached hydrogen (secondary N) is 1. The van der Waals surface area contributed by atoms with E-state index in [0.717, 1.165) is 10.2 Å². The monoisotopic (exact) mass is 537 g/mol. The number of hydrogen-bond donors (Lipinski definition) is 1. The Morgan fingerprint density at radius 3 is 2.79 bits per heavy atom. The van der Waals surface area contributed by atoms with Gasteiger partial charge in [0.25, 0.3) is 0 Å². The summed E-state index contributed by atoms with van der Waals surface area (Å²) in [5, 5.41) is 17.0. The summed E-state index contributed by atoms with van der Waals surface area (Å²) >= 11 is 6.22. The van der Waals surface area contributed by atoms with Crippen molar-refractivity contribution in [3.63, 3.8) is 0 Å². The highest BCUT2D eigenvalue weighted by atomic mass is 35.5. The smallest absolute Gasteiger partial charge is 0.321 e. The van der Waals surface area contributed by atoms with Crippen LogP contribution in [0.1, 0.15) is 16.7 Å². The van der Waals surface area contributed by atoms with Crippen LogP contribution >= 0.6 is 11.6 Å². The molecule has 3 heterocycles. The van der Waals surface area contributed by atoms with Crippen molar-refractivity contribution in [3.8, 4) is 17.3 Å². The van der Waals surface area contributed by atoms with Crippen molar-refractivity contribution < 1.29 is 18.0 Å². The summed E-state index contributed by atoms with van der Waals surface area (Å²) < 4.78 is 38.6. The first-order valence-electron chi connectivity index (χ1n) is 11.5. The maximum Gasteiger partial charge on any atom is 0.408 e. The number of alkyl halides is 3. The minimum Gasteiger partial charge on any atom is -0.321 e. The Morgan fingerprint density at radius 1 is 1.21 bits per heavy atom. The number of anilines is 3. The fourth-order valence-electron chi connectivity index (χ4n) is 4.34. The van der Waals surface area contributed by atoms with E-state index in [9.17, 15) is 23.2 Å². The van der Waals surface area contributed by atoms with Crippen LogP contribution in [0.25, 0.3) is 11.3 Å². The molecule has 0 bridgehead atoms. The van der Waals surface area contributed by atoms with Crippen LogP contribution in [0.15, 0.2) is 61.1 Å². The Hall–Kier alpha value is -4.43. The molecule has 1 aliphatic heterocycles. The van der Waals surface area contributed by atoms with Crippen molar-refractivity contribution in [2.24, 2.45) is 0 Å². The predicted octanol–water partition coefficient (Wildman–Crippen LogP) is 5.30. The molecule has 0 fully saturated rings. The Morgan fingerprint density at radius 2 is 2.03 bits per heavy atom. The molecular weight excluding hydrogens is 519 g/mol. The molecule has 192 valence electrons. The number of rotatable bonds is 6. The first-order chi connectivity index (χ1) is 18.2. The molecule has 0 atom stereocenters. The van der Waals surface area contributed by atoms with Crippen LogP contribution in [0.5, 0.6) is 0 Å². The number of benzene rings is 2. The number of halogens is 4. The van der Waals surface area contributed by atoms with Gasteiger partial charge in [-0.2, -0.15) is 23.5 Å². The van der Waals surface area contributed by atoms with Gasteiger partial charge in [0.05, 0.1) is 35.2 Å². The fraction of sp³-hybridized carbons (Fsp3) is 0.192. The van der Waals surface area contributed by atoms with Gasteiger partial charge < -0.3 is 10.2 Å². The number of hydrogen-bond acceptors (Lipinski definition) is 6. The molecule has 0 aliphatic carbocycles. The largest absolute Gasteiger partial charge is 0.408 e. The average molecular weight is 538 g/mol. The number of carbonyl (C=O) groups excluding carboxylic acids is 1. The predicted molar refractivity (Wildman–Crippen MR) is 135 cm³/mol.